The van der Waals surface area contributed by atoms with E-state index in [0.717, 1.165) is 17.1 Å². The predicted molar refractivity (Wildman–Crippen MR) is 78.3 cm³/mol. The summed E-state index contributed by atoms with van der Waals surface area (Å²) in [5.41, 5.74) is 0.297. The van der Waals surface area contributed by atoms with Crippen molar-refractivity contribution in [2.75, 3.05) is 27.2 Å². The first-order valence-electron chi connectivity index (χ1n) is 6.85. The molecule has 0 bridgehead atoms. The summed E-state index contributed by atoms with van der Waals surface area (Å²) in [5, 5.41) is 3.64. The van der Waals surface area contributed by atoms with Crippen LogP contribution in [0.1, 0.15) is 31.2 Å². The van der Waals surface area contributed by atoms with Gasteiger partial charge in [0, 0.05) is 20.6 Å². The zero-order chi connectivity index (χ0) is 16.2. The number of rotatable bonds is 7. The van der Waals surface area contributed by atoms with Gasteiger partial charge < -0.3 is 9.42 Å². The van der Waals surface area contributed by atoms with Gasteiger partial charge in [-0.2, -0.15) is 4.31 Å². The van der Waals surface area contributed by atoms with Crippen LogP contribution in [0.3, 0.4) is 0 Å². The van der Waals surface area contributed by atoms with Crippen molar-refractivity contribution in [2.45, 2.75) is 38.5 Å². The van der Waals surface area contributed by atoms with E-state index < -0.39 is 10.0 Å². The molecular weight excluding hydrogens is 294 g/mol. The molecule has 120 valence electrons. The van der Waals surface area contributed by atoms with Crippen molar-refractivity contribution in [3.63, 3.8) is 0 Å². The van der Waals surface area contributed by atoms with Crippen molar-refractivity contribution in [3.8, 4) is 0 Å². The van der Waals surface area contributed by atoms with E-state index in [2.05, 4.69) is 5.16 Å². The molecule has 0 atom stereocenters. The van der Waals surface area contributed by atoms with Crippen molar-refractivity contribution >= 4 is 15.9 Å². The summed E-state index contributed by atoms with van der Waals surface area (Å²) in [6.07, 6.45) is 1.87. The van der Waals surface area contributed by atoms with Crippen LogP contribution in [-0.4, -0.2) is 55.9 Å². The molecule has 0 saturated carbocycles. The number of nitrogens with zero attached hydrogens (tertiary/aromatic N) is 3. The topological polar surface area (TPSA) is 83.7 Å². The highest BCUT2D eigenvalue weighted by Crippen LogP contribution is 2.22. The molecule has 0 N–H and O–H groups in total. The van der Waals surface area contributed by atoms with Crippen LogP contribution in [0.15, 0.2) is 9.42 Å². The molecule has 0 saturated heterocycles. The van der Waals surface area contributed by atoms with Crippen molar-refractivity contribution < 1.29 is 17.7 Å². The minimum atomic E-state index is -3.78. The van der Waals surface area contributed by atoms with Crippen LogP contribution in [0.4, 0.5) is 0 Å². The number of carbonyl (C=O) groups excluding carboxylic acids is 1. The molecule has 1 amide bonds. The summed E-state index contributed by atoms with van der Waals surface area (Å²) in [4.78, 5) is 13.6. The van der Waals surface area contributed by atoms with Gasteiger partial charge in [0.25, 0.3) is 0 Å². The highest BCUT2D eigenvalue weighted by Gasteiger charge is 2.30. The summed E-state index contributed by atoms with van der Waals surface area (Å²) in [6, 6.07) is 0. The Hall–Kier alpha value is -1.41. The highest BCUT2D eigenvalue weighted by atomic mass is 32.2. The normalized spacial score (nSPS) is 11.9. The van der Waals surface area contributed by atoms with Gasteiger partial charge in [0.2, 0.25) is 15.9 Å². The van der Waals surface area contributed by atoms with Crippen LogP contribution in [0.25, 0.3) is 0 Å². The second-order valence-corrected chi connectivity index (χ2v) is 7.06. The lowest BCUT2D eigenvalue weighted by Crippen LogP contribution is -2.39. The maximum atomic E-state index is 12.5. The van der Waals surface area contributed by atoms with E-state index in [1.807, 2.05) is 6.92 Å². The summed E-state index contributed by atoms with van der Waals surface area (Å²) in [7, 11) is -0.720. The molecule has 0 spiro atoms. The number of aryl methyl sites for hydroxylation is 2. The monoisotopic (exact) mass is 317 g/mol. The van der Waals surface area contributed by atoms with Gasteiger partial charge in [-0.1, -0.05) is 18.5 Å². The molecule has 21 heavy (non-hydrogen) atoms. The van der Waals surface area contributed by atoms with E-state index >= 15 is 0 Å². The molecule has 1 aromatic rings. The molecule has 0 aliphatic carbocycles. The van der Waals surface area contributed by atoms with E-state index in [1.165, 1.54) is 14.0 Å². The molecule has 1 heterocycles. The maximum Gasteiger partial charge on any atom is 0.248 e. The Bertz CT molecular complexity index is 575. The van der Waals surface area contributed by atoms with Crippen LogP contribution < -0.4 is 0 Å². The van der Waals surface area contributed by atoms with Crippen LogP contribution in [0.5, 0.6) is 0 Å². The Labute approximate surface area is 125 Å². The molecule has 0 aliphatic rings. The van der Waals surface area contributed by atoms with E-state index in [4.69, 9.17) is 4.52 Å². The third kappa shape index (κ3) is 4.04. The number of hydrogen-bond acceptors (Lipinski definition) is 5. The Morgan fingerprint density at radius 2 is 1.90 bits per heavy atom. The first-order chi connectivity index (χ1) is 9.71. The number of unbranched alkanes of at least 4 members (excludes halogenated alkanes) is 1. The standard InChI is InChI=1S/C13H23N3O4S/c1-6-7-8-15(4)12(17)9-16(5)21(18,19)13-10(2)14-20-11(13)3/h6-9H2,1-5H3. The third-order valence-corrected chi connectivity index (χ3v) is 5.32. The molecule has 0 aliphatic heterocycles. The largest absolute Gasteiger partial charge is 0.360 e. The number of amides is 1. The SMILES string of the molecule is CCCCN(C)C(=O)CN(C)S(=O)(=O)c1c(C)noc1C. The van der Waals surface area contributed by atoms with Crippen molar-refractivity contribution in [1.82, 2.24) is 14.4 Å². The fourth-order valence-electron chi connectivity index (χ4n) is 1.91. The number of likely N-dealkylation sites (N-methyl/N-ethyl adjacent to an activating group) is 2. The van der Waals surface area contributed by atoms with E-state index in [-0.39, 0.29) is 23.1 Å². The van der Waals surface area contributed by atoms with Gasteiger partial charge >= 0.3 is 0 Å². The smallest absolute Gasteiger partial charge is 0.248 e. The first-order valence-corrected chi connectivity index (χ1v) is 8.29. The van der Waals surface area contributed by atoms with Crippen LogP contribution in [0, 0.1) is 13.8 Å². The lowest BCUT2D eigenvalue weighted by Gasteiger charge is -2.21. The van der Waals surface area contributed by atoms with Gasteiger partial charge in [-0.15, -0.1) is 0 Å². The fraction of sp³-hybridized carbons (Fsp3) is 0.692. The van der Waals surface area contributed by atoms with Crippen LogP contribution in [0.2, 0.25) is 0 Å². The second-order valence-electron chi connectivity index (χ2n) is 5.08. The molecule has 0 aromatic carbocycles. The van der Waals surface area contributed by atoms with Gasteiger partial charge in [0.1, 0.15) is 10.6 Å². The summed E-state index contributed by atoms with van der Waals surface area (Å²) in [5.74, 6) is -0.00702. The molecule has 1 aromatic heterocycles. The average molecular weight is 317 g/mol. The molecule has 0 radical (unpaired) electrons. The number of carbonyl (C=O) groups is 1. The summed E-state index contributed by atoms with van der Waals surface area (Å²) >= 11 is 0. The lowest BCUT2D eigenvalue weighted by molar-refractivity contribution is -0.129. The summed E-state index contributed by atoms with van der Waals surface area (Å²) < 4.78 is 30.8. The Morgan fingerprint density at radius 3 is 2.38 bits per heavy atom. The quantitative estimate of drug-likeness (QED) is 0.754. The van der Waals surface area contributed by atoms with Gasteiger partial charge in [0.05, 0.1) is 6.54 Å². The maximum absolute atomic E-state index is 12.5. The molecule has 7 nitrogen and oxygen atoms in total. The van der Waals surface area contributed by atoms with Crippen LogP contribution >= 0.6 is 0 Å². The Kier molecular flexibility index (Phi) is 5.91. The van der Waals surface area contributed by atoms with Gasteiger partial charge in [0.15, 0.2) is 5.76 Å². The number of hydrogen-bond donors (Lipinski definition) is 0. The summed E-state index contributed by atoms with van der Waals surface area (Å²) in [6.45, 7) is 5.55. The average Bonchev–Trinajstić information content (AvgIpc) is 2.75. The Morgan fingerprint density at radius 1 is 1.29 bits per heavy atom. The van der Waals surface area contributed by atoms with Gasteiger partial charge in [-0.05, 0) is 20.3 Å². The van der Waals surface area contributed by atoms with E-state index in [0.29, 0.717) is 12.2 Å². The zero-order valence-corrected chi connectivity index (χ0v) is 14.0. The number of sulfonamides is 1. The molecule has 0 fully saturated rings. The predicted octanol–water partition coefficient (Wildman–Crippen LogP) is 1.17. The highest BCUT2D eigenvalue weighted by molar-refractivity contribution is 7.89. The van der Waals surface area contributed by atoms with Crippen molar-refractivity contribution in [2.24, 2.45) is 0 Å². The van der Waals surface area contributed by atoms with E-state index in [9.17, 15) is 13.2 Å². The molecule has 0 unspecified atom stereocenters. The molecule has 1 rings (SSSR count). The first kappa shape index (κ1) is 17.6. The minimum absolute atomic E-state index is 0.0361. The van der Waals surface area contributed by atoms with Crippen LogP contribution in [-0.2, 0) is 14.8 Å². The minimum Gasteiger partial charge on any atom is -0.360 e. The zero-order valence-electron chi connectivity index (χ0n) is 13.2. The van der Waals surface area contributed by atoms with E-state index in [1.54, 1.807) is 18.9 Å². The fourth-order valence-corrected chi connectivity index (χ4v) is 3.32. The number of aromatic nitrogens is 1. The Balaban J connectivity index is 2.84. The molecule has 8 heteroatoms. The second kappa shape index (κ2) is 7.04. The van der Waals surface area contributed by atoms with Crippen molar-refractivity contribution in [1.29, 1.82) is 0 Å². The van der Waals surface area contributed by atoms with Crippen molar-refractivity contribution in [3.05, 3.63) is 11.5 Å². The molecular formula is C13H23N3O4S. The van der Waals surface area contributed by atoms with Gasteiger partial charge in [-0.3, -0.25) is 4.79 Å². The van der Waals surface area contributed by atoms with Gasteiger partial charge in [-0.25, -0.2) is 8.42 Å². The lowest BCUT2D eigenvalue weighted by atomic mass is 10.3. The third-order valence-electron chi connectivity index (χ3n) is 3.27.